The van der Waals surface area contributed by atoms with Crippen molar-refractivity contribution < 1.29 is 48.7 Å². The van der Waals surface area contributed by atoms with Crippen LogP contribution in [0, 0.1) is 0 Å². The molecule has 0 bridgehead atoms. The van der Waals surface area contributed by atoms with Crippen LogP contribution in [0.4, 0.5) is 9.59 Å². The number of allylic oxidation sites excluding steroid dienone is 2. The number of benzene rings is 2. The van der Waals surface area contributed by atoms with E-state index in [4.69, 9.17) is 14.2 Å². The topological polar surface area (TPSA) is 163 Å². The number of aliphatic hydroxyl groups is 3. The standard InChI is InChI=1S/C25H37NO5.C16H19NO4.C10H20O/c1-3-4-5-10-15-22(27)16-11-7-12-17-23(30-2)24(28)26-21(19-31-25(26)29)18-20-13-8-6-9-14-20;1-2-3-9-14(18)15(19)17-13(11-21-16(17)20)10-12-7-5-4-6-8-12;1-3-5-6-7-9-10(11)8-4-2/h6-9,11,13-14,21-23,27H,3-5,10,12,15-19H2,1-2H3;2,4-8,13-14,18H,1,3,9-11H2;4,10-11H,2-3,5-9H2,1H3/b11-7+;;/t21-,22-,23-;13-,14-;10-/m110/s1. The van der Waals surface area contributed by atoms with Crippen LogP contribution >= 0.6 is 0 Å². The molecule has 2 fully saturated rings. The van der Waals surface area contributed by atoms with Crippen LogP contribution < -0.4 is 0 Å². The first-order valence-electron chi connectivity index (χ1n) is 23.0. The monoisotopic (exact) mass is 877 g/mol. The minimum absolute atomic E-state index is 0.149. The summed E-state index contributed by atoms with van der Waals surface area (Å²) in [4.78, 5) is 51.4. The van der Waals surface area contributed by atoms with Crippen molar-refractivity contribution in [2.75, 3.05) is 20.3 Å². The van der Waals surface area contributed by atoms with E-state index in [1.165, 1.54) is 50.5 Å². The van der Waals surface area contributed by atoms with Crippen molar-refractivity contribution in [3.05, 3.63) is 109 Å². The van der Waals surface area contributed by atoms with Crippen LogP contribution in [0.15, 0.2) is 98.1 Å². The van der Waals surface area contributed by atoms with Crippen molar-refractivity contribution in [1.82, 2.24) is 9.80 Å². The van der Waals surface area contributed by atoms with Gasteiger partial charge in [-0.25, -0.2) is 19.4 Å². The number of carbonyl (C=O) groups excluding carboxylic acids is 4. The lowest BCUT2D eigenvalue weighted by atomic mass is 10.0. The van der Waals surface area contributed by atoms with E-state index in [0.29, 0.717) is 38.5 Å². The molecule has 0 aliphatic carbocycles. The van der Waals surface area contributed by atoms with Gasteiger partial charge in [0.1, 0.15) is 25.4 Å². The van der Waals surface area contributed by atoms with Crippen molar-refractivity contribution in [2.45, 2.75) is 166 Å². The molecule has 0 aromatic heterocycles. The van der Waals surface area contributed by atoms with Gasteiger partial charge in [-0.3, -0.25) is 9.59 Å². The molecular formula is C51H76N2O10. The van der Waals surface area contributed by atoms with Gasteiger partial charge in [-0.15, -0.1) is 13.2 Å². The van der Waals surface area contributed by atoms with Gasteiger partial charge in [0.2, 0.25) is 0 Å². The van der Waals surface area contributed by atoms with Crippen molar-refractivity contribution in [2.24, 2.45) is 0 Å². The minimum Gasteiger partial charge on any atom is -0.447 e. The van der Waals surface area contributed by atoms with E-state index >= 15 is 0 Å². The second kappa shape index (κ2) is 33.0. The van der Waals surface area contributed by atoms with Crippen LogP contribution in [-0.2, 0) is 36.6 Å². The van der Waals surface area contributed by atoms with Gasteiger partial charge in [0.05, 0.1) is 24.3 Å². The molecule has 12 heteroatoms. The predicted octanol–water partition coefficient (Wildman–Crippen LogP) is 9.45. The van der Waals surface area contributed by atoms with Gasteiger partial charge in [0, 0.05) is 7.11 Å². The lowest BCUT2D eigenvalue weighted by molar-refractivity contribution is -0.140. The molecule has 350 valence electrons. The van der Waals surface area contributed by atoms with Crippen LogP contribution in [0.3, 0.4) is 0 Å². The van der Waals surface area contributed by atoms with Crippen molar-refractivity contribution >= 4 is 24.0 Å². The fourth-order valence-electron chi connectivity index (χ4n) is 7.25. The number of cyclic esters (lactones) is 2. The summed E-state index contributed by atoms with van der Waals surface area (Å²) in [5.74, 6) is -0.949. The summed E-state index contributed by atoms with van der Waals surface area (Å²) in [6.07, 6.45) is 19.4. The quantitative estimate of drug-likeness (QED) is 0.0582. The normalized spacial score (nSPS) is 17.7. The second-order valence-electron chi connectivity index (χ2n) is 16.2. The maximum Gasteiger partial charge on any atom is 0.417 e. The van der Waals surface area contributed by atoms with Gasteiger partial charge in [-0.1, -0.05) is 150 Å². The zero-order valence-electron chi connectivity index (χ0n) is 38.2. The Kier molecular flexibility index (Phi) is 28.5. The Morgan fingerprint density at radius 1 is 0.667 bits per heavy atom. The number of hydrogen-bond acceptors (Lipinski definition) is 10. The van der Waals surface area contributed by atoms with Crippen LogP contribution in [-0.4, -0.2) is 106 Å². The van der Waals surface area contributed by atoms with Gasteiger partial charge in [-0.2, -0.15) is 0 Å². The summed E-state index contributed by atoms with van der Waals surface area (Å²) in [6.45, 7) is 11.9. The summed E-state index contributed by atoms with van der Waals surface area (Å²) in [5, 5.41) is 29.2. The molecular weight excluding hydrogens is 801 g/mol. The van der Waals surface area contributed by atoms with E-state index in [1.54, 1.807) is 12.2 Å². The lowest BCUT2D eigenvalue weighted by Crippen LogP contribution is -2.46. The number of nitrogens with zero attached hydrogens (tertiary/aromatic N) is 2. The highest BCUT2D eigenvalue weighted by Gasteiger charge is 2.41. The summed E-state index contributed by atoms with van der Waals surface area (Å²) in [7, 11) is 1.49. The third-order valence-electron chi connectivity index (χ3n) is 10.9. The average Bonchev–Trinajstić information content (AvgIpc) is 3.84. The molecule has 0 unspecified atom stereocenters. The third kappa shape index (κ3) is 21.5. The van der Waals surface area contributed by atoms with Crippen molar-refractivity contribution in [3.8, 4) is 0 Å². The largest absolute Gasteiger partial charge is 0.447 e. The highest BCUT2D eigenvalue weighted by molar-refractivity contribution is 5.96. The van der Waals surface area contributed by atoms with Crippen LogP contribution in [0.25, 0.3) is 0 Å². The third-order valence-corrected chi connectivity index (χ3v) is 10.9. The van der Waals surface area contributed by atoms with Gasteiger partial charge in [0.15, 0.2) is 0 Å². The Morgan fingerprint density at radius 2 is 1.16 bits per heavy atom. The summed E-state index contributed by atoms with van der Waals surface area (Å²) < 4.78 is 15.5. The number of hydrogen-bond donors (Lipinski definition) is 3. The summed E-state index contributed by atoms with van der Waals surface area (Å²) >= 11 is 0. The molecule has 2 heterocycles. The first kappa shape index (κ1) is 54.5. The van der Waals surface area contributed by atoms with Gasteiger partial charge in [0.25, 0.3) is 11.8 Å². The SMILES string of the molecule is C=CCC[C@@H](O)C(=O)N1C(=O)OC[C@H]1Cc1ccccc1.C=CC[C@H](O)CCCCCC.CCCCCC[C@@H](O)C/C=C/CC[C@@H](OC)C(=O)N1C(=O)OC[C@H]1Cc1ccccc1. The van der Waals surface area contributed by atoms with Crippen LogP contribution in [0.2, 0.25) is 0 Å². The van der Waals surface area contributed by atoms with Crippen molar-refractivity contribution in [3.63, 3.8) is 0 Å². The number of aliphatic hydroxyl groups excluding tert-OH is 3. The number of methoxy groups -OCH3 is 1. The number of rotatable bonds is 27. The van der Waals surface area contributed by atoms with Gasteiger partial charge >= 0.3 is 12.2 Å². The van der Waals surface area contributed by atoms with E-state index in [1.807, 2.05) is 72.8 Å². The Hall–Kier alpha value is -4.62. The highest BCUT2D eigenvalue weighted by Crippen LogP contribution is 2.22. The van der Waals surface area contributed by atoms with E-state index < -0.39 is 30.3 Å². The van der Waals surface area contributed by atoms with E-state index in [0.717, 1.165) is 48.1 Å². The molecule has 0 spiro atoms. The Labute approximate surface area is 377 Å². The molecule has 2 saturated heterocycles. The molecule has 2 aromatic carbocycles. The fourth-order valence-corrected chi connectivity index (χ4v) is 7.25. The average molecular weight is 877 g/mol. The fraction of sp³-hybridized carbons (Fsp3) is 0.569. The van der Waals surface area contributed by atoms with Gasteiger partial charge in [-0.05, 0) is 75.3 Å². The molecule has 2 aliphatic heterocycles. The molecule has 4 rings (SSSR count). The molecule has 0 saturated carbocycles. The second-order valence-corrected chi connectivity index (χ2v) is 16.2. The zero-order chi connectivity index (χ0) is 46.2. The molecule has 2 aliphatic rings. The number of imide groups is 2. The van der Waals surface area contributed by atoms with Crippen LogP contribution in [0.1, 0.15) is 128 Å². The molecule has 12 nitrogen and oxygen atoms in total. The maximum absolute atomic E-state index is 13.0. The number of carbonyl (C=O) groups is 4. The first-order chi connectivity index (χ1) is 30.5. The van der Waals surface area contributed by atoms with Gasteiger partial charge < -0.3 is 29.5 Å². The molecule has 6 atom stereocenters. The smallest absolute Gasteiger partial charge is 0.417 e. The molecule has 4 amide bonds. The summed E-state index contributed by atoms with van der Waals surface area (Å²) in [6, 6.07) is 18.6. The van der Waals surface area contributed by atoms with Crippen molar-refractivity contribution in [1.29, 1.82) is 0 Å². The van der Waals surface area contributed by atoms with E-state index in [2.05, 4.69) is 27.0 Å². The van der Waals surface area contributed by atoms with Crippen LogP contribution in [0.5, 0.6) is 0 Å². The predicted molar refractivity (Wildman–Crippen MR) is 248 cm³/mol. The maximum atomic E-state index is 13.0. The Bertz CT molecular complexity index is 1620. The summed E-state index contributed by atoms with van der Waals surface area (Å²) in [5.41, 5.74) is 2.06. The number of amides is 4. The molecule has 2 aromatic rings. The molecule has 3 N–H and O–H groups in total. The Balaban J connectivity index is 0.000000366. The van der Waals surface area contributed by atoms with E-state index in [-0.39, 0.29) is 49.8 Å². The number of unbranched alkanes of at least 4 members (excludes halogenated alkanes) is 6. The molecule has 63 heavy (non-hydrogen) atoms. The Morgan fingerprint density at radius 3 is 1.62 bits per heavy atom. The molecule has 0 radical (unpaired) electrons. The lowest BCUT2D eigenvalue weighted by Gasteiger charge is -2.24. The number of ether oxygens (including phenoxy) is 3. The first-order valence-corrected chi connectivity index (χ1v) is 23.0. The highest BCUT2D eigenvalue weighted by atomic mass is 16.6. The zero-order valence-corrected chi connectivity index (χ0v) is 38.2. The van der Waals surface area contributed by atoms with E-state index in [9.17, 15) is 34.5 Å². The minimum atomic E-state index is -1.20.